The molecule has 6 nitrogen and oxygen atoms in total. The van der Waals surface area contributed by atoms with E-state index in [0.29, 0.717) is 11.7 Å². The molecule has 1 heterocycles. The van der Waals surface area contributed by atoms with E-state index in [0.717, 1.165) is 50.7 Å². The van der Waals surface area contributed by atoms with Gasteiger partial charge in [-0.15, -0.1) is 0 Å². The fourth-order valence-corrected chi connectivity index (χ4v) is 3.32. The third kappa shape index (κ3) is 5.08. The molecule has 0 aromatic heterocycles. The van der Waals surface area contributed by atoms with Crippen molar-refractivity contribution in [1.29, 1.82) is 0 Å². The van der Waals surface area contributed by atoms with Crippen LogP contribution in [0.1, 0.15) is 59.3 Å². The Morgan fingerprint density at radius 2 is 2.04 bits per heavy atom. The van der Waals surface area contributed by atoms with Gasteiger partial charge < -0.3 is 21.1 Å². The first-order valence-corrected chi connectivity index (χ1v) is 9.33. The lowest BCUT2D eigenvalue weighted by Gasteiger charge is -2.29. The highest BCUT2D eigenvalue weighted by atomic mass is 16.5. The van der Waals surface area contributed by atoms with E-state index in [4.69, 9.17) is 10.5 Å². The molecule has 0 spiro atoms. The molecule has 1 unspecified atom stereocenters. The molecular formula is C19H31N3O3. The normalized spacial score (nSPS) is 28.8. The first kappa shape index (κ1) is 19.5. The van der Waals surface area contributed by atoms with Gasteiger partial charge in [0.25, 0.3) is 11.8 Å². The van der Waals surface area contributed by atoms with Crippen LogP contribution in [0.15, 0.2) is 23.0 Å². The Morgan fingerprint density at radius 1 is 1.36 bits per heavy atom. The highest BCUT2D eigenvalue weighted by Gasteiger charge is 2.29. The minimum absolute atomic E-state index is 0.0266. The van der Waals surface area contributed by atoms with Gasteiger partial charge in [-0.05, 0) is 44.6 Å². The first-order chi connectivity index (χ1) is 11.9. The number of unbranched alkanes of at least 4 members (excludes halogenated alkanes) is 1. The van der Waals surface area contributed by atoms with Crippen molar-refractivity contribution in [3.8, 4) is 0 Å². The number of nitrogens with one attached hydrogen (secondary N) is 2. The number of hydrogen-bond acceptors (Lipinski definition) is 4. The molecule has 2 amide bonds. The second kappa shape index (κ2) is 9.04. The molecule has 6 heteroatoms. The predicted octanol–water partition coefficient (Wildman–Crippen LogP) is 2.11. The van der Waals surface area contributed by atoms with Crippen LogP contribution in [0.3, 0.4) is 0 Å². The zero-order chi connectivity index (χ0) is 18.4. The van der Waals surface area contributed by atoms with Crippen LogP contribution in [-0.2, 0) is 14.3 Å². The maximum atomic E-state index is 12.5. The molecule has 0 bridgehead atoms. The molecule has 1 saturated carbocycles. The Hall–Kier alpha value is -1.82. The molecule has 1 fully saturated rings. The Labute approximate surface area is 150 Å². The van der Waals surface area contributed by atoms with Gasteiger partial charge in [0.05, 0.1) is 11.7 Å². The third-order valence-corrected chi connectivity index (χ3v) is 5.19. The van der Waals surface area contributed by atoms with Crippen LogP contribution in [0.4, 0.5) is 0 Å². The maximum Gasteiger partial charge on any atom is 0.267 e. The lowest BCUT2D eigenvalue weighted by atomic mass is 9.89. The van der Waals surface area contributed by atoms with Gasteiger partial charge in [0, 0.05) is 24.8 Å². The van der Waals surface area contributed by atoms with Gasteiger partial charge >= 0.3 is 0 Å². The van der Waals surface area contributed by atoms with Crippen molar-refractivity contribution in [3.63, 3.8) is 0 Å². The molecule has 0 aromatic carbocycles. The number of allylic oxidation sites excluding steroid dienone is 1. The number of amides is 2. The highest BCUT2D eigenvalue weighted by molar-refractivity contribution is 6.05. The summed E-state index contributed by atoms with van der Waals surface area (Å²) in [6.45, 7) is 6.77. The zero-order valence-electron chi connectivity index (χ0n) is 15.6. The molecule has 0 saturated heterocycles. The summed E-state index contributed by atoms with van der Waals surface area (Å²) in [5.41, 5.74) is 7.38. The summed E-state index contributed by atoms with van der Waals surface area (Å²) < 4.78 is 5.85. The summed E-state index contributed by atoms with van der Waals surface area (Å²) >= 11 is 0. The minimum Gasteiger partial charge on any atom is -0.394 e. The van der Waals surface area contributed by atoms with Crippen LogP contribution in [0.2, 0.25) is 0 Å². The Morgan fingerprint density at radius 3 is 2.68 bits per heavy atom. The number of ether oxygens (including phenoxy) is 1. The summed E-state index contributed by atoms with van der Waals surface area (Å²) in [6, 6.07) is 0.0938. The molecule has 1 atom stereocenters. The van der Waals surface area contributed by atoms with Crippen molar-refractivity contribution in [2.45, 2.75) is 71.4 Å². The van der Waals surface area contributed by atoms with Gasteiger partial charge in [0.15, 0.2) is 0 Å². The summed E-state index contributed by atoms with van der Waals surface area (Å²) in [7, 11) is 0. The predicted molar refractivity (Wildman–Crippen MR) is 97.3 cm³/mol. The van der Waals surface area contributed by atoms with Crippen LogP contribution in [0.5, 0.6) is 0 Å². The Bertz CT molecular complexity index is 560. The molecule has 2 aliphatic rings. The van der Waals surface area contributed by atoms with E-state index < -0.39 is 0 Å². The summed E-state index contributed by atoms with van der Waals surface area (Å²) in [5, 5.41) is 5.63. The molecule has 25 heavy (non-hydrogen) atoms. The highest BCUT2D eigenvalue weighted by Crippen LogP contribution is 2.25. The second-order valence-corrected chi connectivity index (χ2v) is 7.08. The van der Waals surface area contributed by atoms with Gasteiger partial charge in [-0.1, -0.05) is 20.3 Å². The number of hydrogen-bond donors (Lipinski definition) is 3. The molecule has 4 N–H and O–H groups in total. The van der Waals surface area contributed by atoms with Crippen molar-refractivity contribution in [1.82, 2.24) is 10.6 Å². The fourth-order valence-electron chi connectivity index (χ4n) is 3.32. The molecular weight excluding hydrogens is 318 g/mol. The topological polar surface area (TPSA) is 93.4 Å². The van der Waals surface area contributed by atoms with Crippen molar-refractivity contribution in [2.24, 2.45) is 11.7 Å². The van der Waals surface area contributed by atoms with Gasteiger partial charge in [-0.2, -0.15) is 0 Å². The third-order valence-electron chi connectivity index (χ3n) is 5.19. The molecule has 0 radical (unpaired) electrons. The maximum absolute atomic E-state index is 12.5. The van der Waals surface area contributed by atoms with E-state index >= 15 is 0 Å². The van der Waals surface area contributed by atoms with Gasteiger partial charge in [-0.3, -0.25) is 9.59 Å². The lowest BCUT2D eigenvalue weighted by molar-refractivity contribution is -0.121. The van der Waals surface area contributed by atoms with E-state index in [1.807, 2.05) is 13.8 Å². The quantitative estimate of drug-likeness (QED) is 0.506. The van der Waals surface area contributed by atoms with E-state index in [9.17, 15) is 9.59 Å². The Kier molecular flexibility index (Phi) is 7.05. The number of rotatable bonds is 6. The van der Waals surface area contributed by atoms with E-state index in [1.54, 1.807) is 6.20 Å². The average Bonchev–Trinajstić information content (AvgIpc) is 2.60. The first-order valence-electron chi connectivity index (χ1n) is 9.33. The van der Waals surface area contributed by atoms with Crippen LogP contribution in [0.25, 0.3) is 0 Å². The molecule has 1 aliphatic heterocycles. The van der Waals surface area contributed by atoms with E-state index in [2.05, 4.69) is 17.6 Å². The number of carbonyl (C=O) groups is 2. The average molecular weight is 349 g/mol. The van der Waals surface area contributed by atoms with Crippen LogP contribution < -0.4 is 16.4 Å². The largest absolute Gasteiger partial charge is 0.394 e. The van der Waals surface area contributed by atoms with Gasteiger partial charge in [-0.25, -0.2) is 0 Å². The number of carbonyl (C=O) groups excluding carboxylic acids is 2. The van der Waals surface area contributed by atoms with Crippen molar-refractivity contribution in [3.05, 3.63) is 23.0 Å². The summed E-state index contributed by atoms with van der Waals surface area (Å²) in [6.07, 6.45) is 7.86. The zero-order valence-corrected chi connectivity index (χ0v) is 15.6. The SMILES string of the molecule is CCCCOC1CCC(NC(=O)/C(N)=C2\C(=O)NC=C(C)C2C)CC1. The Balaban J connectivity index is 1.89. The summed E-state index contributed by atoms with van der Waals surface area (Å²) in [4.78, 5) is 24.5. The van der Waals surface area contributed by atoms with E-state index in [-0.39, 0.29) is 29.5 Å². The van der Waals surface area contributed by atoms with Crippen LogP contribution in [-0.4, -0.2) is 30.6 Å². The van der Waals surface area contributed by atoms with Crippen molar-refractivity contribution >= 4 is 11.8 Å². The van der Waals surface area contributed by atoms with Gasteiger partial charge in [0.1, 0.15) is 5.70 Å². The smallest absolute Gasteiger partial charge is 0.267 e. The monoisotopic (exact) mass is 349 g/mol. The molecule has 2 rings (SSSR count). The van der Waals surface area contributed by atoms with Crippen molar-refractivity contribution in [2.75, 3.05) is 6.61 Å². The van der Waals surface area contributed by atoms with Gasteiger partial charge in [0.2, 0.25) is 0 Å². The van der Waals surface area contributed by atoms with E-state index in [1.165, 1.54) is 0 Å². The number of nitrogens with two attached hydrogens (primary N) is 1. The molecule has 1 aliphatic carbocycles. The van der Waals surface area contributed by atoms with Crippen molar-refractivity contribution < 1.29 is 14.3 Å². The fraction of sp³-hybridized carbons (Fsp3) is 0.684. The minimum atomic E-state index is -0.345. The standard InChI is InChI=1S/C19H31N3O3/c1-4-5-10-25-15-8-6-14(7-9-15)22-19(24)17(20)16-13(3)12(2)11-21-18(16)23/h11,13-15H,4-10,20H2,1-3H3,(H,21,23)(H,22,24)/b17-16+. The summed E-state index contributed by atoms with van der Waals surface area (Å²) in [5.74, 6) is -0.789. The molecule has 0 aromatic rings. The molecule has 140 valence electrons. The van der Waals surface area contributed by atoms with Crippen LogP contribution >= 0.6 is 0 Å². The lowest BCUT2D eigenvalue weighted by Crippen LogP contribution is -2.43. The van der Waals surface area contributed by atoms with Crippen LogP contribution in [0, 0.1) is 5.92 Å². The second-order valence-electron chi connectivity index (χ2n) is 7.08.